The van der Waals surface area contributed by atoms with Crippen LogP contribution < -0.4 is 5.73 Å². The molecule has 0 aromatic heterocycles. The van der Waals surface area contributed by atoms with Crippen molar-refractivity contribution in [2.24, 2.45) is 11.7 Å². The molecule has 0 aliphatic rings. The zero-order valence-corrected chi connectivity index (χ0v) is 13.0. The largest absolute Gasteiger partial charge is 0.460 e. The number of halogens is 1. The van der Waals surface area contributed by atoms with Gasteiger partial charge < -0.3 is 9.84 Å². The predicted molar refractivity (Wildman–Crippen MR) is 79.2 cm³/mol. The molecule has 3 N–H and O–H groups in total. The fraction of sp³-hybridized carbons (Fsp3) is 0.467. The Morgan fingerprint density at radius 2 is 1.95 bits per heavy atom. The highest BCUT2D eigenvalue weighted by Gasteiger charge is 2.41. The monoisotopic (exact) mass is 310 g/mol. The van der Waals surface area contributed by atoms with Gasteiger partial charge in [-0.3, -0.25) is 10.5 Å². The molecule has 0 bridgehead atoms. The molecule has 1 unspecified atom stereocenters. The topological polar surface area (TPSA) is 96.3 Å². The van der Waals surface area contributed by atoms with Gasteiger partial charge in [-0.25, -0.2) is 0 Å². The number of hydrogen-bond donors (Lipinski definition) is 2. The fourth-order valence-corrected chi connectivity index (χ4v) is 1.85. The van der Waals surface area contributed by atoms with Gasteiger partial charge in [0, 0.05) is 5.02 Å². The number of benzene rings is 1. The first-order valence-corrected chi connectivity index (χ1v) is 6.83. The van der Waals surface area contributed by atoms with Crippen LogP contribution in [0, 0.1) is 17.2 Å². The average molecular weight is 311 g/mol. The molecule has 0 saturated heterocycles. The molecular formula is C15H19ClN2O3. The van der Waals surface area contributed by atoms with E-state index in [-0.39, 0.29) is 6.42 Å². The molecule has 0 spiro atoms. The average Bonchev–Trinajstić information content (AvgIpc) is 2.35. The highest BCUT2D eigenvalue weighted by atomic mass is 35.5. The number of nitrogens with zero attached hydrogens (tertiary/aromatic N) is 1. The van der Waals surface area contributed by atoms with Gasteiger partial charge in [-0.1, -0.05) is 23.7 Å². The Morgan fingerprint density at radius 3 is 2.38 bits per heavy atom. The SMILES string of the molecule is CC(C)(C)OC(=O)[C@@H](Cc1ccc(Cl)cc1)C(N)(O)C#N. The Bertz CT molecular complexity index is 542. The molecule has 21 heavy (non-hydrogen) atoms. The first-order valence-electron chi connectivity index (χ1n) is 6.45. The van der Waals surface area contributed by atoms with Crippen LogP contribution in [0.4, 0.5) is 0 Å². The molecule has 0 aliphatic carbocycles. The van der Waals surface area contributed by atoms with Crippen molar-refractivity contribution in [3.63, 3.8) is 0 Å². The number of rotatable bonds is 4. The van der Waals surface area contributed by atoms with Crippen molar-refractivity contribution in [2.45, 2.75) is 38.5 Å². The summed E-state index contributed by atoms with van der Waals surface area (Å²) in [5, 5.41) is 19.5. The molecule has 6 heteroatoms. The van der Waals surface area contributed by atoms with Crippen LogP contribution in [0.2, 0.25) is 5.02 Å². The summed E-state index contributed by atoms with van der Waals surface area (Å²) in [6.07, 6.45) is 0.0760. The van der Waals surface area contributed by atoms with E-state index < -0.39 is 23.2 Å². The lowest BCUT2D eigenvalue weighted by Crippen LogP contribution is -2.51. The van der Waals surface area contributed by atoms with E-state index >= 15 is 0 Å². The van der Waals surface area contributed by atoms with Gasteiger partial charge in [-0.15, -0.1) is 0 Å². The van der Waals surface area contributed by atoms with Gasteiger partial charge in [0.15, 0.2) is 0 Å². The summed E-state index contributed by atoms with van der Waals surface area (Å²) in [5.41, 5.74) is 3.20. The second kappa shape index (κ2) is 6.44. The van der Waals surface area contributed by atoms with E-state index in [9.17, 15) is 9.90 Å². The van der Waals surface area contributed by atoms with E-state index in [1.54, 1.807) is 51.1 Å². The molecule has 0 radical (unpaired) electrons. The van der Waals surface area contributed by atoms with E-state index in [1.807, 2.05) is 0 Å². The van der Waals surface area contributed by atoms with Crippen LogP contribution in [0.1, 0.15) is 26.3 Å². The van der Waals surface area contributed by atoms with Crippen molar-refractivity contribution in [1.82, 2.24) is 0 Å². The number of carbonyl (C=O) groups is 1. The third kappa shape index (κ3) is 5.35. The summed E-state index contributed by atoms with van der Waals surface area (Å²) in [6.45, 7) is 5.10. The Hall–Kier alpha value is -1.61. The van der Waals surface area contributed by atoms with Crippen molar-refractivity contribution in [1.29, 1.82) is 5.26 Å². The summed E-state index contributed by atoms with van der Waals surface area (Å²) in [4.78, 5) is 12.2. The van der Waals surface area contributed by atoms with Crippen molar-refractivity contribution >= 4 is 17.6 Å². The second-order valence-electron chi connectivity index (χ2n) is 5.85. The molecule has 5 nitrogen and oxygen atoms in total. The molecule has 0 fully saturated rings. The molecule has 2 atom stereocenters. The molecule has 0 heterocycles. The van der Waals surface area contributed by atoms with Gasteiger partial charge in [0.2, 0.25) is 5.72 Å². The van der Waals surface area contributed by atoms with E-state index in [0.717, 1.165) is 5.56 Å². The summed E-state index contributed by atoms with van der Waals surface area (Å²) < 4.78 is 5.23. The van der Waals surface area contributed by atoms with Crippen LogP contribution in [0.25, 0.3) is 0 Å². The summed E-state index contributed by atoms with van der Waals surface area (Å²) in [6, 6.07) is 8.26. The smallest absolute Gasteiger partial charge is 0.315 e. The lowest BCUT2D eigenvalue weighted by atomic mass is 9.90. The van der Waals surface area contributed by atoms with Gasteiger partial charge in [-0.2, -0.15) is 5.26 Å². The molecule has 0 aliphatic heterocycles. The highest BCUT2D eigenvalue weighted by molar-refractivity contribution is 6.30. The molecule has 1 aromatic carbocycles. The number of esters is 1. The van der Waals surface area contributed by atoms with Gasteiger partial charge in [-0.05, 0) is 44.9 Å². The van der Waals surface area contributed by atoms with Gasteiger partial charge >= 0.3 is 5.97 Å². The molecular weight excluding hydrogens is 292 g/mol. The zero-order chi connectivity index (χ0) is 16.3. The molecule has 0 saturated carbocycles. The van der Waals surface area contributed by atoms with Crippen molar-refractivity contribution in [3.8, 4) is 6.07 Å². The van der Waals surface area contributed by atoms with Crippen LogP contribution in [0.15, 0.2) is 24.3 Å². The summed E-state index contributed by atoms with van der Waals surface area (Å²) >= 11 is 5.80. The Morgan fingerprint density at radius 1 is 1.43 bits per heavy atom. The minimum atomic E-state index is -2.30. The van der Waals surface area contributed by atoms with E-state index in [2.05, 4.69) is 0 Å². The highest BCUT2D eigenvalue weighted by Crippen LogP contribution is 2.23. The van der Waals surface area contributed by atoms with Crippen LogP contribution in [-0.2, 0) is 16.0 Å². The van der Waals surface area contributed by atoms with Crippen molar-refractivity contribution in [2.75, 3.05) is 0 Å². The third-order valence-electron chi connectivity index (χ3n) is 2.75. The third-order valence-corrected chi connectivity index (χ3v) is 3.01. The lowest BCUT2D eigenvalue weighted by Gasteiger charge is -2.28. The van der Waals surface area contributed by atoms with E-state index in [0.29, 0.717) is 5.02 Å². The molecule has 1 aromatic rings. The van der Waals surface area contributed by atoms with Crippen molar-refractivity contribution in [3.05, 3.63) is 34.9 Å². The summed E-state index contributed by atoms with van der Waals surface area (Å²) in [7, 11) is 0. The summed E-state index contributed by atoms with van der Waals surface area (Å²) in [5.74, 6) is -1.91. The minimum Gasteiger partial charge on any atom is -0.460 e. The zero-order valence-electron chi connectivity index (χ0n) is 12.3. The number of carbonyl (C=O) groups excluding carboxylic acids is 1. The normalized spacial score (nSPS) is 15.7. The van der Waals surface area contributed by atoms with Gasteiger partial charge in [0.1, 0.15) is 17.6 Å². The first kappa shape index (κ1) is 17.4. The van der Waals surface area contributed by atoms with Crippen LogP contribution in [0.5, 0.6) is 0 Å². The first-order chi connectivity index (χ1) is 9.55. The Kier molecular flexibility index (Phi) is 5.35. The Balaban J connectivity index is 3.01. The Labute approximate surface area is 129 Å². The molecule has 114 valence electrons. The van der Waals surface area contributed by atoms with Crippen LogP contribution in [-0.4, -0.2) is 22.4 Å². The number of ether oxygens (including phenoxy) is 1. The standard InChI is InChI=1S/C15H19ClN2O3/c1-14(2,3)21-13(19)12(15(18,20)9-17)8-10-4-6-11(16)7-5-10/h4-7,12,20H,8,18H2,1-3H3/t12-,15?/m1/s1. The lowest BCUT2D eigenvalue weighted by molar-refractivity contribution is -0.166. The number of nitrogens with two attached hydrogens (primary N) is 1. The van der Waals surface area contributed by atoms with Crippen molar-refractivity contribution < 1.29 is 14.6 Å². The molecule has 1 rings (SSSR count). The number of nitriles is 1. The van der Waals surface area contributed by atoms with Crippen LogP contribution >= 0.6 is 11.6 Å². The maximum atomic E-state index is 12.2. The maximum absolute atomic E-state index is 12.2. The number of hydrogen-bond acceptors (Lipinski definition) is 5. The predicted octanol–water partition coefficient (Wildman–Crippen LogP) is 2.01. The maximum Gasteiger partial charge on any atom is 0.315 e. The fourth-order valence-electron chi connectivity index (χ4n) is 1.73. The van der Waals surface area contributed by atoms with Crippen LogP contribution in [0.3, 0.4) is 0 Å². The van der Waals surface area contributed by atoms with E-state index in [1.165, 1.54) is 0 Å². The second-order valence-corrected chi connectivity index (χ2v) is 6.29. The quantitative estimate of drug-likeness (QED) is 0.504. The van der Waals surface area contributed by atoms with Gasteiger partial charge in [0.05, 0.1) is 0 Å². The minimum absolute atomic E-state index is 0.0760. The van der Waals surface area contributed by atoms with Gasteiger partial charge in [0.25, 0.3) is 0 Å². The van der Waals surface area contributed by atoms with E-state index in [4.69, 9.17) is 27.3 Å². The molecule has 0 amide bonds. The number of aliphatic hydroxyl groups is 1.